The first-order chi connectivity index (χ1) is 28.9. The zero-order chi connectivity index (χ0) is 43.0. The molecule has 0 spiro atoms. The fourth-order valence-electron chi connectivity index (χ4n) is 6.03. The number of hydrogen-bond donors (Lipinski definition) is 2. The second-order valence-electron chi connectivity index (χ2n) is 13.6. The topological polar surface area (TPSA) is 204 Å². The Balaban J connectivity index is 0.000000228. The number of oxazole rings is 2. The smallest absolute Gasteiger partial charge is 0.320 e. The number of methoxy groups -OCH3 is 2. The zero-order valence-corrected chi connectivity index (χ0v) is 33.8. The van der Waals surface area contributed by atoms with Crippen LogP contribution in [0, 0.1) is 25.7 Å². The lowest BCUT2D eigenvalue weighted by Gasteiger charge is -2.11. The van der Waals surface area contributed by atoms with Gasteiger partial charge < -0.3 is 38.6 Å². The lowest BCUT2D eigenvalue weighted by atomic mass is 9.99. The number of benzene rings is 4. The molecule has 6 rings (SSSR count). The van der Waals surface area contributed by atoms with Crippen molar-refractivity contribution in [1.82, 2.24) is 9.97 Å². The quantitative estimate of drug-likeness (QED) is 0.0680. The Labute approximate surface area is 347 Å². The minimum atomic E-state index is -1.23. The number of carbonyl (C=O) groups is 4. The molecule has 0 saturated carbocycles. The second-order valence-corrected chi connectivity index (χ2v) is 13.6. The third kappa shape index (κ3) is 12.4. The van der Waals surface area contributed by atoms with Crippen LogP contribution in [0.25, 0.3) is 22.9 Å². The second kappa shape index (κ2) is 21.5. The molecule has 0 saturated heterocycles. The molecule has 2 aromatic heterocycles. The van der Waals surface area contributed by atoms with Gasteiger partial charge in [-0.1, -0.05) is 60.7 Å². The summed E-state index contributed by atoms with van der Waals surface area (Å²) in [6.45, 7) is 4.62. The number of aliphatic carboxylic acids is 1. The van der Waals surface area contributed by atoms with Crippen LogP contribution in [0.1, 0.15) is 34.0 Å². The van der Waals surface area contributed by atoms with Gasteiger partial charge in [0.15, 0.2) is 5.92 Å². The molecule has 0 bridgehead atoms. The lowest BCUT2D eigenvalue weighted by molar-refractivity contribution is -0.157. The minimum absolute atomic E-state index is 0.0582. The van der Waals surface area contributed by atoms with Gasteiger partial charge in [-0.05, 0) is 86.3 Å². The Kier molecular flexibility index (Phi) is 15.7. The lowest BCUT2D eigenvalue weighted by Crippen LogP contribution is -2.32. The number of rotatable bonds is 18. The number of primary amides is 1. The van der Waals surface area contributed by atoms with Crippen molar-refractivity contribution < 1.29 is 52.1 Å². The van der Waals surface area contributed by atoms with Crippen LogP contribution >= 0.6 is 0 Å². The van der Waals surface area contributed by atoms with E-state index in [0.717, 1.165) is 39.6 Å². The average Bonchev–Trinajstić information content (AvgIpc) is 3.83. The van der Waals surface area contributed by atoms with E-state index < -0.39 is 35.7 Å². The van der Waals surface area contributed by atoms with Gasteiger partial charge in [-0.2, -0.15) is 0 Å². The van der Waals surface area contributed by atoms with Crippen LogP contribution in [0.2, 0.25) is 0 Å². The number of esters is 2. The van der Waals surface area contributed by atoms with Crippen molar-refractivity contribution in [3.63, 3.8) is 0 Å². The highest BCUT2D eigenvalue weighted by atomic mass is 16.5. The number of carboxylic acids is 1. The molecule has 0 aliphatic rings. The summed E-state index contributed by atoms with van der Waals surface area (Å²) in [7, 11) is 2.41. The summed E-state index contributed by atoms with van der Waals surface area (Å²) in [5, 5.41) is 9.17. The summed E-state index contributed by atoms with van der Waals surface area (Å²) >= 11 is 0. The van der Waals surface area contributed by atoms with E-state index in [1.165, 1.54) is 14.2 Å². The van der Waals surface area contributed by atoms with Gasteiger partial charge >= 0.3 is 17.9 Å². The van der Waals surface area contributed by atoms with Crippen molar-refractivity contribution in [2.45, 2.75) is 39.5 Å². The van der Waals surface area contributed by atoms with Crippen LogP contribution in [0.15, 0.2) is 118 Å². The Morgan fingerprint density at radius 1 is 0.600 bits per heavy atom. The molecule has 2 heterocycles. The van der Waals surface area contributed by atoms with Crippen LogP contribution in [-0.4, -0.2) is 66.3 Å². The Hall–Kier alpha value is -7.22. The van der Waals surface area contributed by atoms with E-state index in [0.29, 0.717) is 54.9 Å². The summed E-state index contributed by atoms with van der Waals surface area (Å²) in [6, 6.07) is 33.6. The van der Waals surface area contributed by atoms with Gasteiger partial charge in [-0.3, -0.25) is 19.2 Å². The molecule has 4 aromatic carbocycles. The van der Waals surface area contributed by atoms with Crippen molar-refractivity contribution in [3.05, 3.63) is 143 Å². The maximum absolute atomic E-state index is 11.7. The van der Waals surface area contributed by atoms with Crippen molar-refractivity contribution in [2.75, 3.05) is 27.4 Å². The molecule has 14 heteroatoms. The molecule has 0 aliphatic heterocycles. The summed E-state index contributed by atoms with van der Waals surface area (Å²) in [5.74, 6) is -1.51. The standard InChI is InChI=1S/C23H24N2O5.C23H23NO6/c1-15-20(25-22(30-15)17-6-4-3-5-7-17)12-13-29-18-10-8-16(9-11-18)14-19(21(24)26)23(27)28-2;1-15-20(24-21(30-15)17-6-4-3-5-7-17)12-13-29-18-10-8-16(9-11-18)14-19(22(25)26)23(27)28-2/h3-11,19H,12-14H2,1-2H3,(H2,24,26);3-11,19H,12-14H2,1-2H3,(H,25,26). The summed E-state index contributed by atoms with van der Waals surface area (Å²) < 4.78 is 32.2. The highest BCUT2D eigenvalue weighted by Gasteiger charge is 2.28. The molecular formula is C46H47N3O11. The number of carbonyl (C=O) groups excluding carboxylic acids is 3. The SMILES string of the molecule is COC(=O)C(Cc1ccc(OCCc2nc(-c3ccccc3)oc2C)cc1)C(=O)O.COC(=O)C(Cc1ccc(OCCc2nc(-c3ccccc3)oc2C)cc1)C(N)=O. The van der Waals surface area contributed by atoms with E-state index in [1.807, 2.05) is 74.5 Å². The van der Waals surface area contributed by atoms with Gasteiger partial charge in [-0.25, -0.2) is 9.97 Å². The minimum Gasteiger partial charge on any atom is -0.493 e. The summed E-state index contributed by atoms with van der Waals surface area (Å²) in [6.07, 6.45) is 1.44. The van der Waals surface area contributed by atoms with Crippen molar-refractivity contribution in [3.8, 4) is 34.4 Å². The van der Waals surface area contributed by atoms with Crippen LogP contribution in [0.4, 0.5) is 0 Å². The predicted octanol–water partition coefficient (Wildman–Crippen LogP) is 6.78. The van der Waals surface area contributed by atoms with Gasteiger partial charge in [0.2, 0.25) is 17.7 Å². The number of nitrogens with two attached hydrogens (primary N) is 1. The summed E-state index contributed by atoms with van der Waals surface area (Å²) in [4.78, 5) is 55.0. The first-order valence-corrected chi connectivity index (χ1v) is 19.1. The zero-order valence-electron chi connectivity index (χ0n) is 33.8. The fraction of sp³-hybridized carbons (Fsp3) is 0.261. The molecule has 1 amide bonds. The number of nitrogens with zero attached hydrogens (tertiary/aromatic N) is 2. The first-order valence-electron chi connectivity index (χ1n) is 19.1. The van der Waals surface area contributed by atoms with Crippen molar-refractivity contribution in [2.24, 2.45) is 17.6 Å². The van der Waals surface area contributed by atoms with Crippen molar-refractivity contribution in [1.29, 1.82) is 0 Å². The van der Waals surface area contributed by atoms with E-state index in [2.05, 4.69) is 19.4 Å². The number of ether oxygens (including phenoxy) is 4. The van der Waals surface area contributed by atoms with Gasteiger partial charge in [0.25, 0.3) is 0 Å². The number of amides is 1. The molecule has 2 atom stereocenters. The van der Waals surface area contributed by atoms with Crippen molar-refractivity contribution >= 4 is 23.8 Å². The summed E-state index contributed by atoms with van der Waals surface area (Å²) in [5.41, 5.74) is 10.3. The third-order valence-electron chi connectivity index (χ3n) is 9.38. The van der Waals surface area contributed by atoms with Crippen LogP contribution in [0.3, 0.4) is 0 Å². The fourth-order valence-corrected chi connectivity index (χ4v) is 6.03. The van der Waals surface area contributed by atoms with E-state index >= 15 is 0 Å². The molecule has 0 fully saturated rings. The third-order valence-corrected chi connectivity index (χ3v) is 9.38. The Bertz CT molecular complexity index is 2160. The van der Waals surface area contributed by atoms with Crippen LogP contribution in [-0.2, 0) is 54.3 Å². The molecule has 3 N–H and O–H groups in total. The number of aromatic nitrogens is 2. The van der Waals surface area contributed by atoms with E-state index in [1.54, 1.807) is 48.5 Å². The molecule has 60 heavy (non-hydrogen) atoms. The Morgan fingerprint density at radius 3 is 1.35 bits per heavy atom. The van der Waals surface area contributed by atoms with Crippen LogP contribution < -0.4 is 15.2 Å². The maximum Gasteiger partial charge on any atom is 0.320 e. The molecule has 0 radical (unpaired) electrons. The monoisotopic (exact) mass is 817 g/mol. The molecule has 14 nitrogen and oxygen atoms in total. The number of aryl methyl sites for hydroxylation is 2. The van der Waals surface area contributed by atoms with E-state index in [9.17, 15) is 24.3 Å². The van der Waals surface area contributed by atoms with Gasteiger partial charge in [0, 0.05) is 24.0 Å². The predicted molar refractivity (Wildman–Crippen MR) is 220 cm³/mol. The number of carboxylic acid groups (broad SMARTS) is 1. The molecule has 6 aromatic rings. The van der Waals surface area contributed by atoms with Crippen LogP contribution in [0.5, 0.6) is 11.5 Å². The van der Waals surface area contributed by atoms with Gasteiger partial charge in [0.05, 0.1) is 38.8 Å². The molecular weight excluding hydrogens is 771 g/mol. The molecule has 312 valence electrons. The molecule has 0 aliphatic carbocycles. The number of hydrogen-bond acceptors (Lipinski definition) is 12. The van der Waals surface area contributed by atoms with E-state index in [4.69, 9.17) is 24.0 Å². The highest BCUT2D eigenvalue weighted by Crippen LogP contribution is 2.24. The first kappa shape index (κ1) is 43.9. The highest BCUT2D eigenvalue weighted by molar-refractivity contribution is 5.97. The molecule has 2 unspecified atom stereocenters. The maximum atomic E-state index is 11.7. The normalized spacial score (nSPS) is 11.7. The van der Waals surface area contributed by atoms with Gasteiger partial charge in [0.1, 0.15) is 28.9 Å². The van der Waals surface area contributed by atoms with Gasteiger partial charge in [-0.15, -0.1) is 0 Å². The average molecular weight is 818 g/mol. The van der Waals surface area contributed by atoms with E-state index in [-0.39, 0.29) is 12.8 Å². The Morgan fingerprint density at radius 2 is 0.983 bits per heavy atom. The largest absolute Gasteiger partial charge is 0.493 e.